The van der Waals surface area contributed by atoms with Gasteiger partial charge in [0.15, 0.2) is 0 Å². The summed E-state index contributed by atoms with van der Waals surface area (Å²) < 4.78 is 33.2. The van der Waals surface area contributed by atoms with E-state index in [1.165, 1.54) is 24.3 Å². The van der Waals surface area contributed by atoms with Crippen LogP contribution in [0, 0.1) is 3.57 Å². The van der Waals surface area contributed by atoms with Gasteiger partial charge in [-0.25, -0.2) is 13.1 Å². The average molecular weight is 441 g/mol. The molecule has 5 nitrogen and oxygen atoms in total. The normalized spacial score (nSPS) is 13.3. The zero-order chi connectivity index (χ0) is 15.6. The first-order valence-corrected chi connectivity index (χ1v) is 9.21. The Labute approximate surface area is 142 Å². The van der Waals surface area contributed by atoms with Gasteiger partial charge in [-0.05, 0) is 53.8 Å². The number of benzene rings is 1. The van der Waals surface area contributed by atoms with E-state index in [0.29, 0.717) is 17.1 Å². The zero-order valence-corrected chi connectivity index (χ0v) is 15.2. The van der Waals surface area contributed by atoms with Gasteiger partial charge in [0.25, 0.3) is 0 Å². The molecule has 0 aliphatic rings. The highest BCUT2D eigenvalue weighted by Gasteiger charge is 2.23. The van der Waals surface area contributed by atoms with Crippen molar-refractivity contribution in [2.24, 2.45) is 0 Å². The van der Waals surface area contributed by atoms with Gasteiger partial charge < -0.3 is 4.52 Å². The largest absolute Gasteiger partial charge is 0.360 e. The van der Waals surface area contributed by atoms with Crippen LogP contribution in [0.1, 0.15) is 31.3 Å². The van der Waals surface area contributed by atoms with E-state index in [1.807, 2.05) is 6.92 Å². The lowest BCUT2D eigenvalue weighted by Gasteiger charge is -2.12. The Morgan fingerprint density at radius 1 is 1.38 bits per heavy atom. The highest BCUT2D eigenvalue weighted by atomic mass is 127. The van der Waals surface area contributed by atoms with E-state index < -0.39 is 16.1 Å². The van der Waals surface area contributed by atoms with Crippen LogP contribution in [0.4, 0.5) is 0 Å². The van der Waals surface area contributed by atoms with Crippen LogP contribution in [-0.2, 0) is 16.4 Å². The second-order valence-corrected chi connectivity index (χ2v) is 7.68. The quantitative estimate of drug-likeness (QED) is 0.722. The summed E-state index contributed by atoms with van der Waals surface area (Å²) in [6.07, 6.45) is 0.710. The molecule has 1 heterocycles. The molecule has 21 heavy (non-hydrogen) atoms. The summed E-state index contributed by atoms with van der Waals surface area (Å²) in [6, 6.07) is 5.51. The molecular formula is C13H14ClIN2O3S. The summed E-state index contributed by atoms with van der Waals surface area (Å²) in [5, 5.41) is 4.43. The number of sulfonamides is 1. The van der Waals surface area contributed by atoms with Crippen LogP contribution in [0.3, 0.4) is 0 Å². The molecule has 0 bridgehead atoms. The smallest absolute Gasteiger partial charge is 0.241 e. The van der Waals surface area contributed by atoms with Gasteiger partial charge in [-0.2, -0.15) is 0 Å². The maximum Gasteiger partial charge on any atom is 0.241 e. The topological polar surface area (TPSA) is 72.2 Å². The Morgan fingerprint density at radius 2 is 2.00 bits per heavy atom. The van der Waals surface area contributed by atoms with Crippen molar-refractivity contribution in [2.75, 3.05) is 0 Å². The Morgan fingerprint density at radius 3 is 2.52 bits per heavy atom. The van der Waals surface area contributed by atoms with E-state index in [4.69, 9.17) is 16.1 Å². The van der Waals surface area contributed by atoms with Crippen molar-refractivity contribution in [1.29, 1.82) is 0 Å². The first-order chi connectivity index (χ1) is 9.85. The van der Waals surface area contributed by atoms with Crippen molar-refractivity contribution in [3.05, 3.63) is 44.3 Å². The van der Waals surface area contributed by atoms with Crippen LogP contribution in [0.25, 0.3) is 0 Å². The number of rotatable bonds is 5. The third kappa shape index (κ3) is 3.77. The standard InChI is InChI=1S/C13H14ClIN2O3S/c1-3-11-12(15)13(16-20-11)8(2)17-21(18,19)10-6-4-9(14)5-7-10/h4-8,17H,3H2,1-2H3. The second-order valence-electron chi connectivity index (χ2n) is 4.46. The summed E-state index contributed by atoms with van der Waals surface area (Å²) in [6.45, 7) is 3.68. The Hall–Kier alpha value is -0.640. The van der Waals surface area contributed by atoms with Crippen LogP contribution in [0.2, 0.25) is 5.02 Å². The molecule has 0 fully saturated rings. The molecule has 0 radical (unpaired) electrons. The molecule has 1 aromatic carbocycles. The van der Waals surface area contributed by atoms with Crippen molar-refractivity contribution in [3.63, 3.8) is 0 Å². The SMILES string of the molecule is CCc1onc(C(C)NS(=O)(=O)c2ccc(Cl)cc2)c1I. The molecule has 0 aliphatic carbocycles. The molecule has 0 saturated heterocycles. The third-order valence-corrected chi connectivity index (χ3v) is 5.87. The molecular weight excluding hydrogens is 427 g/mol. The van der Waals surface area contributed by atoms with E-state index in [1.54, 1.807) is 6.92 Å². The van der Waals surface area contributed by atoms with Crippen LogP contribution < -0.4 is 4.72 Å². The summed E-state index contributed by atoms with van der Waals surface area (Å²) in [5.74, 6) is 0.753. The second kappa shape index (κ2) is 6.64. The molecule has 2 aromatic rings. The van der Waals surface area contributed by atoms with Crippen molar-refractivity contribution < 1.29 is 12.9 Å². The fourth-order valence-corrected chi connectivity index (χ4v) is 4.17. The monoisotopic (exact) mass is 440 g/mol. The molecule has 1 aromatic heterocycles. The zero-order valence-electron chi connectivity index (χ0n) is 11.4. The van der Waals surface area contributed by atoms with E-state index in [9.17, 15) is 8.42 Å². The Bertz CT molecular complexity index is 728. The molecule has 8 heteroatoms. The molecule has 0 saturated carbocycles. The van der Waals surface area contributed by atoms with E-state index in [2.05, 4.69) is 32.5 Å². The minimum atomic E-state index is -3.63. The fraction of sp³-hybridized carbons (Fsp3) is 0.308. The highest BCUT2D eigenvalue weighted by molar-refractivity contribution is 14.1. The van der Waals surface area contributed by atoms with E-state index >= 15 is 0 Å². The number of hydrogen-bond acceptors (Lipinski definition) is 4. The molecule has 1 atom stereocenters. The molecule has 1 N–H and O–H groups in total. The van der Waals surface area contributed by atoms with Gasteiger partial charge in [-0.3, -0.25) is 0 Å². The summed E-state index contributed by atoms with van der Waals surface area (Å²) in [4.78, 5) is 0.160. The van der Waals surface area contributed by atoms with Gasteiger partial charge in [0.1, 0.15) is 11.5 Å². The minimum Gasteiger partial charge on any atom is -0.360 e. The number of halogens is 2. The molecule has 1 unspecified atom stereocenters. The summed E-state index contributed by atoms with van der Waals surface area (Å²) in [5.41, 5.74) is 0.588. The Kier molecular flexibility index (Phi) is 5.29. The third-order valence-electron chi connectivity index (χ3n) is 2.91. The molecule has 114 valence electrons. The predicted octanol–water partition coefficient (Wildman–Crippen LogP) is 3.53. The minimum absolute atomic E-state index is 0.160. The number of aryl methyl sites for hydroxylation is 1. The Balaban J connectivity index is 2.23. The number of hydrogen-bond donors (Lipinski definition) is 1. The molecule has 0 aliphatic heterocycles. The first-order valence-electron chi connectivity index (χ1n) is 6.27. The first kappa shape index (κ1) is 16.7. The highest BCUT2D eigenvalue weighted by Crippen LogP contribution is 2.24. The van der Waals surface area contributed by atoms with Gasteiger partial charge in [-0.15, -0.1) is 0 Å². The summed E-state index contributed by atoms with van der Waals surface area (Å²) >= 11 is 7.88. The lowest BCUT2D eigenvalue weighted by Crippen LogP contribution is -2.27. The van der Waals surface area contributed by atoms with E-state index in [0.717, 1.165) is 9.33 Å². The fourth-order valence-electron chi connectivity index (χ4n) is 1.79. The average Bonchev–Trinajstić information content (AvgIpc) is 2.80. The molecule has 2 rings (SSSR count). The van der Waals surface area contributed by atoms with Gasteiger partial charge in [-0.1, -0.05) is 23.7 Å². The van der Waals surface area contributed by atoms with E-state index in [-0.39, 0.29) is 4.90 Å². The molecule has 0 amide bonds. The summed E-state index contributed by atoms with van der Waals surface area (Å²) in [7, 11) is -3.63. The van der Waals surface area contributed by atoms with Gasteiger partial charge in [0.05, 0.1) is 14.5 Å². The number of nitrogens with one attached hydrogen (secondary N) is 1. The van der Waals surface area contributed by atoms with Crippen molar-refractivity contribution in [3.8, 4) is 0 Å². The maximum atomic E-state index is 12.3. The van der Waals surface area contributed by atoms with Crippen LogP contribution >= 0.6 is 34.2 Å². The molecule has 0 spiro atoms. The van der Waals surface area contributed by atoms with Gasteiger partial charge in [0, 0.05) is 11.4 Å². The predicted molar refractivity (Wildman–Crippen MR) is 88.8 cm³/mol. The van der Waals surface area contributed by atoms with Crippen LogP contribution in [0.5, 0.6) is 0 Å². The van der Waals surface area contributed by atoms with Crippen LogP contribution in [-0.4, -0.2) is 13.6 Å². The number of aromatic nitrogens is 1. The van der Waals surface area contributed by atoms with Gasteiger partial charge >= 0.3 is 0 Å². The number of nitrogens with zero attached hydrogens (tertiary/aromatic N) is 1. The lowest BCUT2D eigenvalue weighted by molar-refractivity contribution is 0.375. The van der Waals surface area contributed by atoms with Gasteiger partial charge in [0.2, 0.25) is 10.0 Å². The van der Waals surface area contributed by atoms with Crippen molar-refractivity contribution in [2.45, 2.75) is 31.2 Å². The maximum absolute atomic E-state index is 12.3. The van der Waals surface area contributed by atoms with Crippen LogP contribution in [0.15, 0.2) is 33.7 Å². The van der Waals surface area contributed by atoms with Crippen molar-refractivity contribution >= 4 is 44.2 Å². The van der Waals surface area contributed by atoms with Crippen molar-refractivity contribution in [1.82, 2.24) is 9.88 Å². The lowest BCUT2D eigenvalue weighted by atomic mass is 10.2.